The molecule has 1 saturated carbocycles. The van der Waals surface area contributed by atoms with Crippen LogP contribution in [0.5, 0.6) is 0 Å². The van der Waals surface area contributed by atoms with Crippen molar-refractivity contribution in [2.75, 3.05) is 6.54 Å². The second kappa shape index (κ2) is 7.25. The molecule has 0 aromatic heterocycles. The second-order valence-corrected chi connectivity index (χ2v) is 5.96. The summed E-state index contributed by atoms with van der Waals surface area (Å²) >= 11 is 0. The first kappa shape index (κ1) is 14.0. The van der Waals surface area contributed by atoms with Gasteiger partial charge in [0.2, 0.25) is 0 Å². The van der Waals surface area contributed by atoms with E-state index in [1.165, 1.54) is 38.5 Å². The fourth-order valence-electron chi connectivity index (χ4n) is 3.52. The van der Waals surface area contributed by atoms with E-state index in [4.69, 9.17) is 5.73 Å². The number of hydrogen-bond acceptors (Lipinski definition) is 3. The number of ketones is 1. The van der Waals surface area contributed by atoms with Crippen LogP contribution in [0, 0.1) is 5.92 Å². The summed E-state index contributed by atoms with van der Waals surface area (Å²) in [6.07, 6.45) is 12.0. The maximum atomic E-state index is 12.4. The zero-order valence-corrected chi connectivity index (χ0v) is 11.5. The largest absolute Gasteiger partial charge is 0.330 e. The van der Waals surface area contributed by atoms with Crippen molar-refractivity contribution in [2.45, 2.75) is 76.3 Å². The van der Waals surface area contributed by atoms with E-state index < -0.39 is 0 Å². The highest BCUT2D eigenvalue weighted by molar-refractivity contribution is 5.89. The molecule has 1 saturated heterocycles. The zero-order valence-electron chi connectivity index (χ0n) is 11.5. The molecule has 0 radical (unpaired) electrons. The minimum atomic E-state index is 0.131. The van der Waals surface area contributed by atoms with Gasteiger partial charge < -0.3 is 11.1 Å². The summed E-state index contributed by atoms with van der Waals surface area (Å²) in [5, 5.41) is 3.61. The topological polar surface area (TPSA) is 55.1 Å². The van der Waals surface area contributed by atoms with E-state index in [0.29, 0.717) is 17.7 Å². The molecule has 18 heavy (non-hydrogen) atoms. The number of unbranched alkanes of at least 4 members (excludes halogenated alkanes) is 1. The van der Waals surface area contributed by atoms with Crippen LogP contribution in [0.1, 0.15) is 64.2 Å². The molecule has 3 atom stereocenters. The molecule has 2 fully saturated rings. The molecule has 1 aliphatic carbocycles. The molecule has 3 N–H and O–H groups in total. The highest BCUT2D eigenvalue weighted by atomic mass is 16.1. The first-order valence-electron chi connectivity index (χ1n) is 7.83. The Morgan fingerprint density at radius 1 is 1.06 bits per heavy atom. The molecule has 2 rings (SSSR count). The molecule has 0 bridgehead atoms. The Labute approximate surface area is 111 Å². The predicted molar refractivity (Wildman–Crippen MR) is 74.4 cm³/mol. The van der Waals surface area contributed by atoms with Crippen molar-refractivity contribution in [1.82, 2.24) is 5.32 Å². The Bertz CT molecular complexity index is 267. The summed E-state index contributed by atoms with van der Waals surface area (Å²) in [6.45, 7) is 0.744. The third-order valence-corrected chi connectivity index (χ3v) is 4.59. The molecule has 2 aliphatic rings. The first-order chi connectivity index (χ1) is 8.83. The van der Waals surface area contributed by atoms with Crippen LogP contribution in [0.15, 0.2) is 0 Å². The van der Waals surface area contributed by atoms with Crippen molar-refractivity contribution in [3.63, 3.8) is 0 Å². The number of carbonyl (C=O) groups excluding carboxylic acids is 1. The van der Waals surface area contributed by atoms with E-state index >= 15 is 0 Å². The second-order valence-electron chi connectivity index (χ2n) is 5.96. The highest BCUT2D eigenvalue weighted by Crippen LogP contribution is 2.30. The van der Waals surface area contributed by atoms with Crippen molar-refractivity contribution in [1.29, 1.82) is 0 Å². The molecule has 0 spiro atoms. The van der Waals surface area contributed by atoms with Gasteiger partial charge >= 0.3 is 0 Å². The van der Waals surface area contributed by atoms with Gasteiger partial charge in [-0.3, -0.25) is 4.79 Å². The van der Waals surface area contributed by atoms with E-state index in [2.05, 4.69) is 5.32 Å². The normalized spacial score (nSPS) is 33.6. The van der Waals surface area contributed by atoms with E-state index in [1.54, 1.807) is 0 Å². The Morgan fingerprint density at radius 2 is 1.78 bits per heavy atom. The van der Waals surface area contributed by atoms with E-state index in [1.807, 2.05) is 0 Å². The molecular weight excluding hydrogens is 224 g/mol. The Hall–Kier alpha value is -0.410. The van der Waals surface area contributed by atoms with Crippen LogP contribution in [0.3, 0.4) is 0 Å². The predicted octanol–water partition coefficient (Wildman–Crippen LogP) is 2.39. The molecular formula is C15H28N2O. The molecule has 3 heteroatoms. The Kier molecular flexibility index (Phi) is 5.64. The van der Waals surface area contributed by atoms with Crippen molar-refractivity contribution in [3.8, 4) is 0 Å². The number of fused-ring (bicyclic) bond motifs is 1. The van der Waals surface area contributed by atoms with Gasteiger partial charge in [0, 0.05) is 12.0 Å². The van der Waals surface area contributed by atoms with Crippen LogP contribution in [-0.2, 0) is 4.79 Å². The smallest absolute Gasteiger partial charge is 0.154 e. The van der Waals surface area contributed by atoms with Gasteiger partial charge in [0.1, 0.15) is 0 Å². The van der Waals surface area contributed by atoms with E-state index in [0.717, 1.165) is 32.2 Å². The fraction of sp³-hybridized carbons (Fsp3) is 0.933. The lowest BCUT2D eigenvalue weighted by Gasteiger charge is -2.16. The van der Waals surface area contributed by atoms with Crippen LogP contribution in [0.4, 0.5) is 0 Å². The molecule has 0 amide bonds. The minimum absolute atomic E-state index is 0.131. The van der Waals surface area contributed by atoms with Crippen LogP contribution in [0.2, 0.25) is 0 Å². The summed E-state index contributed by atoms with van der Waals surface area (Å²) < 4.78 is 0. The number of carbonyl (C=O) groups is 1. The molecule has 0 aromatic rings. The van der Waals surface area contributed by atoms with Crippen LogP contribution >= 0.6 is 0 Å². The molecule has 104 valence electrons. The standard InChI is InChI=1S/C15H28N2O/c16-11-7-6-10-14-15(18)12-8-4-2-1-3-5-9-13(12)17-14/h12-14,17H,1-11,16H2. The average molecular weight is 252 g/mol. The molecule has 0 aromatic carbocycles. The Morgan fingerprint density at radius 3 is 2.56 bits per heavy atom. The number of Topliss-reactive ketones (excluding diaryl/α,β-unsaturated/α-hetero) is 1. The lowest BCUT2D eigenvalue weighted by molar-refractivity contribution is -0.122. The van der Waals surface area contributed by atoms with Gasteiger partial charge in [-0.2, -0.15) is 0 Å². The van der Waals surface area contributed by atoms with Crippen molar-refractivity contribution >= 4 is 5.78 Å². The quantitative estimate of drug-likeness (QED) is 0.755. The number of hydrogen-bond donors (Lipinski definition) is 2. The van der Waals surface area contributed by atoms with Crippen LogP contribution in [0.25, 0.3) is 0 Å². The van der Waals surface area contributed by atoms with Crippen molar-refractivity contribution in [2.24, 2.45) is 11.7 Å². The number of nitrogens with one attached hydrogen (secondary N) is 1. The van der Waals surface area contributed by atoms with Crippen molar-refractivity contribution < 1.29 is 4.79 Å². The molecule has 3 unspecified atom stereocenters. The van der Waals surface area contributed by atoms with Gasteiger partial charge in [0.05, 0.1) is 6.04 Å². The van der Waals surface area contributed by atoms with Gasteiger partial charge in [-0.15, -0.1) is 0 Å². The van der Waals surface area contributed by atoms with Gasteiger partial charge in [0.25, 0.3) is 0 Å². The first-order valence-corrected chi connectivity index (χ1v) is 7.83. The molecule has 1 aliphatic heterocycles. The van der Waals surface area contributed by atoms with E-state index in [-0.39, 0.29) is 6.04 Å². The summed E-state index contributed by atoms with van der Waals surface area (Å²) in [6, 6.07) is 0.601. The molecule has 3 nitrogen and oxygen atoms in total. The summed E-state index contributed by atoms with van der Waals surface area (Å²) in [5.74, 6) is 0.810. The van der Waals surface area contributed by atoms with Crippen LogP contribution < -0.4 is 11.1 Å². The fourth-order valence-corrected chi connectivity index (χ4v) is 3.52. The highest BCUT2D eigenvalue weighted by Gasteiger charge is 2.40. The summed E-state index contributed by atoms with van der Waals surface area (Å²) in [5.41, 5.74) is 5.52. The summed E-state index contributed by atoms with van der Waals surface area (Å²) in [4.78, 5) is 12.4. The Balaban J connectivity index is 1.88. The van der Waals surface area contributed by atoms with Gasteiger partial charge in [0.15, 0.2) is 5.78 Å². The summed E-state index contributed by atoms with van der Waals surface area (Å²) in [7, 11) is 0. The lowest BCUT2D eigenvalue weighted by Crippen LogP contribution is -2.32. The monoisotopic (exact) mass is 252 g/mol. The zero-order chi connectivity index (χ0) is 12.8. The van der Waals surface area contributed by atoms with Gasteiger partial charge in [-0.05, 0) is 32.2 Å². The van der Waals surface area contributed by atoms with Crippen LogP contribution in [-0.4, -0.2) is 24.4 Å². The lowest BCUT2D eigenvalue weighted by atomic mass is 9.90. The number of nitrogens with two attached hydrogens (primary N) is 1. The third kappa shape index (κ3) is 3.55. The number of rotatable bonds is 4. The SMILES string of the molecule is NCCCCC1NC2CCCCCCCC2C1=O. The maximum absolute atomic E-state index is 12.4. The average Bonchev–Trinajstić information content (AvgIpc) is 2.71. The van der Waals surface area contributed by atoms with E-state index in [9.17, 15) is 4.79 Å². The van der Waals surface area contributed by atoms with Gasteiger partial charge in [-0.25, -0.2) is 0 Å². The third-order valence-electron chi connectivity index (χ3n) is 4.59. The van der Waals surface area contributed by atoms with Crippen molar-refractivity contribution in [3.05, 3.63) is 0 Å². The van der Waals surface area contributed by atoms with Gasteiger partial charge in [-0.1, -0.05) is 38.5 Å². The minimum Gasteiger partial charge on any atom is -0.330 e. The molecule has 1 heterocycles. The maximum Gasteiger partial charge on any atom is 0.154 e.